The highest BCUT2D eigenvalue weighted by Gasteiger charge is 2.19. The molecule has 1 fully saturated rings. The number of rotatable bonds is 4. The maximum atomic E-state index is 9.20. The van der Waals surface area contributed by atoms with E-state index in [-0.39, 0.29) is 12.2 Å². The fraction of sp³-hybridized carbons (Fsp3) is 0.538. The molecule has 1 unspecified atom stereocenters. The lowest BCUT2D eigenvalue weighted by molar-refractivity contribution is -0.169. The van der Waals surface area contributed by atoms with Crippen LogP contribution in [0.2, 0.25) is 0 Å². The third kappa shape index (κ3) is 3.17. The Hall–Kier alpha value is -2.06. The molecule has 1 saturated heterocycles. The molecule has 8 heteroatoms. The van der Waals surface area contributed by atoms with Gasteiger partial charge >= 0.3 is 0 Å². The number of nitrogens with zero attached hydrogens (tertiary/aromatic N) is 5. The monoisotopic (exact) mass is 291 g/mol. The van der Waals surface area contributed by atoms with Gasteiger partial charge in [-0.1, -0.05) is 5.21 Å². The summed E-state index contributed by atoms with van der Waals surface area (Å²) in [6.07, 6.45) is 5.66. The molecule has 1 N–H and O–H groups in total. The van der Waals surface area contributed by atoms with Crippen molar-refractivity contribution in [3.8, 4) is 17.3 Å². The molecule has 112 valence electrons. The molecule has 8 nitrogen and oxygen atoms in total. The summed E-state index contributed by atoms with van der Waals surface area (Å²) < 4.78 is 13.0. The third-order valence-corrected chi connectivity index (χ3v) is 3.37. The van der Waals surface area contributed by atoms with Gasteiger partial charge in [0.05, 0.1) is 24.7 Å². The van der Waals surface area contributed by atoms with Gasteiger partial charge < -0.3 is 14.6 Å². The summed E-state index contributed by atoms with van der Waals surface area (Å²) >= 11 is 0. The summed E-state index contributed by atoms with van der Waals surface area (Å²) in [6, 6.07) is 0. The van der Waals surface area contributed by atoms with Gasteiger partial charge in [-0.05, 0) is 19.3 Å². The zero-order chi connectivity index (χ0) is 14.7. The molecule has 0 aromatic carbocycles. The molecule has 0 aliphatic carbocycles. The number of aromatic hydroxyl groups is 1. The van der Waals surface area contributed by atoms with Crippen LogP contribution in [-0.2, 0) is 23.1 Å². The standard InChI is InChI=1S/C13H17N5O3/c1-18-10(8-21-12-4-2-3-5-20-12)13(16-17-18)9-6-15-11(19)7-14-9/h6-7,12H,2-5,8H2,1H3,(H,15,19). The average molecular weight is 291 g/mol. The molecule has 0 spiro atoms. The first-order valence-corrected chi connectivity index (χ1v) is 6.87. The fourth-order valence-corrected chi connectivity index (χ4v) is 2.20. The highest BCUT2D eigenvalue weighted by atomic mass is 16.7. The highest BCUT2D eigenvalue weighted by molar-refractivity contribution is 5.55. The van der Waals surface area contributed by atoms with Gasteiger partial charge in [0.15, 0.2) is 6.29 Å². The van der Waals surface area contributed by atoms with E-state index in [1.165, 1.54) is 12.4 Å². The Bertz CT molecular complexity index is 592. The number of hydrogen-bond donors (Lipinski definition) is 1. The molecule has 0 amide bonds. The van der Waals surface area contributed by atoms with E-state index in [1.807, 2.05) is 0 Å². The third-order valence-electron chi connectivity index (χ3n) is 3.37. The lowest BCUT2D eigenvalue weighted by Gasteiger charge is -2.22. The lowest BCUT2D eigenvalue weighted by Crippen LogP contribution is -2.22. The van der Waals surface area contributed by atoms with Gasteiger partial charge in [-0.25, -0.2) is 14.6 Å². The number of ether oxygens (including phenoxy) is 2. The van der Waals surface area contributed by atoms with Crippen molar-refractivity contribution in [2.75, 3.05) is 6.61 Å². The van der Waals surface area contributed by atoms with Gasteiger partial charge in [0.25, 0.3) is 0 Å². The van der Waals surface area contributed by atoms with Gasteiger partial charge in [0, 0.05) is 13.7 Å². The predicted octanol–water partition coefficient (Wildman–Crippen LogP) is 1.02. The molecule has 2 aromatic rings. The van der Waals surface area contributed by atoms with Crippen molar-refractivity contribution in [2.24, 2.45) is 7.05 Å². The van der Waals surface area contributed by atoms with Crippen LogP contribution in [0.5, 0.6) is 5.88 Å². The van der Waals surface area contributed by atoms with Crippen LogP contribution >= 0.6 is 0 Å². The quantitative estimate of drug-likeness (QED) is 0.898. The second-order valence-electron chi connectivity index (χ2n) is 4.88. The van der Waals surface area contributed by atoms with Crippen molar-refractivity contribution in [3.63, 3.8) is 0 Å². The Kier molecular flexibility index (Phi) is 4.07. The summed E-state index contributed by atoms with van der Waals surface area (Å²) in [7, 11) is 1.80. The molecule has 1 aliphatic heterocycles. The van der Waals surface area contributed by atoms with Crippen LogP contribution in [0.15, 0.2) is 12.4 Å². The lowest BCUT2D eigenvalue weighted by atomic mass is 10.2. The molecule has 21 heavy (non-hydrogen) atoms. The first-order valence-electron chi connectivity index (χ1n) is 6.87. The summed E-state index contributed by atoms with van der Waals surface area (Å²) in [5, 5.41) is 17.3. The van der Waals surface area contributed by atoms with Crippen LogP contribution < -0.4 is 0 Å². The van der Waals surface area contributed by atoms with Crippen LogP contribution in [0.1, 0.15) is 25.0 Å². The Balaban J connectivity index is 1.75. The minimum atomic E-state index is -0.174. The van der Waals surface area contributed by atoms with E-state index in [4.69, 9.17) is 9.47 Å². The van der Waals surface area contributed by atoms with E-state index in [1.54, 1.807) is 11.7 Å². The van der Waals surface area contributed by atoms with E-state index < -0.39 is 0 Å². The minimum absolute atomic E-state index is 0.129. The zero-order valence-corrected chi connectivity index (χ0v) is 11.8. The van der Waals surface area contributed by atoms with Crippen molar-refractivity contribution in [3.05, 3.63) is 18.1 Å². The van der Waals surface area contributed by atoms with Crippen LogP contribution in [0, 0.1) is 0 Å². The summed E-state index contributed by atoms with van der Waals surface area (Å²) in [4.78, 5) is 7.91. The van der Waals surface area contributed by atoms with Crippen LogP contribution in [0.3, 0.4) is 0 Å². The molecule has 0 saturated carbocycles. The van der Waals surface area contributed by atoms with E-state index >= 15 is 0 Å². The van der Waals surface area contributed by atoms with Crippen molar-refractivity contribution in [1.82, 2.24) is 25.0 Å². The van der Waals surface area contributed by atoms with Crippen LogP contribution in [0.4, 0.5) is 0 Å². The largest absolute Gasteiger partial charge is 0.492 e. The number of hydrogen-bond acceptors (Lipinski definition) is 7. The Labute approximate surface area is 121 Å². The maximum absolute atomic E-state index is 9.20. The second kappa shape index (κ2) is 6.15. The van der Waals surface area contributed by atoms with Gasteiger partial charge in [-0.15, -0.1) is 5.10 Å². The first-order chi connectivity index (χ1) is 10.2. The molecule has 3 rings (SSSR count). The molecule has 1 atom stereocenters. The summed E-state index contributed by atoms with van der Waals surface area (Å²) in [6.45, 7) is 1.08. The zero-order valence-electron chi connectivity index (χ0n) is 11.8. The van der Waals surface area contributed by atoms with Crippen molar-refractivity contribution >= 4 is 0 Å². The maximum Gasteiger partial charge on any atom is 0.229 e. The van der Waals surface area contributed by atoms with E-state index in [9.17, 15) is 5.11 Å². The number of aromatic nitrogens is 5. The molecule has 3 heterocycles. The van der Waals surface area contributed by atoms with E-state index in [0.29, 0.717) is 18.0 Å². The molecule has 0 bridgehead atoms. The molecular formula is C13H17N5O3. The van der Waals surface area contributed by atoms with Crippen molar-refractivity contribution in [1.29, 1.82) is 0 Å². The normalized spacial score (nSPS) is 18.8. The van der Waals surface area contributed by atoms with Crippen LogP contribution in [-0.4, -0.2) is 43.0 Å². The summed E-state index contributed by atoms with van der Waals surface area (Å²) in [5.74, 6) is -0.129. The minimum Gasteiger partial charge on any atom is -0.492 e. The summed E-state index contributed by atoms with van der Waals surface area (Å²) in [5.41, 5.74) is 1.94. The van der Waals surface area contributed by atoms with Crippen molar-refractivity contribution < 1.29 is 14.6 Å². The smallest absolute Gasteiger partial charge is 0.229 e. The van der Waals surface area contributed by atoms with E-state index in [2.05, 4.69) is 20.3 Å². The number of aryl methyl sites for hydroxylation is 1. The molecule has 2 aromatic heterocycles. The second-order valence-corrected chi connectivity index (χ2v) is 4.88. The van der Waals surface area contributed by atoms with Crippen molar-refractivity contribution in [2.45, 2.75) is 32.2 Å². The predicted molar refractivity (Wildman–Crippen MR) is 72.1 cm³/mol. The molecule has 1 aliphatic rings. The SMILES string of the molecule is Cn1nnc(-c2cnc(O)cn2)c1COC1CCCCO1. The molecular weight excluding hydrogens is 274 g/mol. The van der Waals surface area contributed by atoms with Crippen LogP contribution in [0.25, 0.3) is 11.4 Å². The van der Waals surface area contributed by atoms with Gasteiger partial charge in [0.1, 0.15) is 11.4 Å². The highest BCUT2D eigenvalue weighted by Crippen LogP contribution is 2.21. The van der Waals surface area contributed by atoms with Gasteiger partial charge in [-0.3, -0.25) is 0 Å². The Morgan fingerprint density at radius 1 is 1.38 bits per heavy atom. The topological polar surface area (TPSA) is 95.2 Å². The van der Waals surface area contributed by atoms with E-state index in [0.717, 1.165) is 31.6 Å². The Morgan fingerprint density at radius 2 is 2.29 bits per heavy atom. The average Bonchev–Trinajstić information content (AvgIpc) is 2.88. The van der Waals surface area contributed by atoms with Gasteiger partial charge in [0.2, 0.25) is 5.88 Å². The fourth-order valence-electron chi connectivity index (χ4n) is 2.20. The first kappa shape index (κ1) is 13.9. The molecule has 0 radical (unpaired) electrons. The van der Waals surface area contributed by atoms with Gasteiger partial charge in [-0.2, -0.15) is 0 Å². The Morgan fingerprint density at radius 3 is 3.00 bits per heavy atom.